The summed E-state index contributed by atoms with van der Waals surface area (Å²) in [7, 11) is 6.66. The largest absolute Gasteiger partial charge is 0.493 e. The number of carbonyl (C=O) groups is 2. The van der Waals surface area contributed by atoms with Gasteiger partial charge in [0.2, 0.25) is 11.8 Å². The number of amides is 2. The van der Waals surface area contributed by atoms with Gasteiger partial charge in [0.05, 0.1) is 52.4 Å². The first-order valence-electron chi connectivity index (χ1n) is 28.4. The van der Waals surface area contributed by atoms with E-state index < -0.39 is 0 Å². The highest BCUT2D eigenvalue weighted by molar-refractivity contribution is 9.09. The predicted octanol–water partition coefficient (Wildman–Crippen LogP) is 13.1. The molecule has 0 saturated carbocycles. The highest BCUT2D eigenvalue weighted by atomic mass is 79.9. The molecular weight excluding hydrogens is 1150 g/mol. The maximum Gasteiger partial charge on any atom is 0.237 e. The molecule has 2 amide bonds. The first-order chi connectivity index (χ1) is 40.6. The number of carbonyl (C=O) groups excluding carboxylic acids is 2. The van der Waals surface area contributed by atoms with Gasteiger partial charge in [0, 0.05) is 49.4 Å². The fourth-order valence-electron chi connectivity index (χ4n) is 12.3. The van der Waals surface area contributed by atoms with Gasteiger partial charge in [-0.25, -0.2) is 8.78 Å². The molecule has 2 aliphatic carbocycles. The van der Waals surface area contributed by atoms with Crippen molar-refractivity contribution in [3.05, 3.63) is 260 Å². The van der Waals surface area contributed by atoms with E-state index in [-0.39, 0.29) is 78.4 Å². The molecule has 4 aliphatic rings. The standard InChI is InChI=1S/C35H35FN2O3.C18H17BrFNO.C17H19NO2.ClH/c1-40-32-20-27-16-17-37(35(24-10-4-3-5-11-24)30(27)21-33(32)41-2)23-34(39)38(22-28-14-8-9-15-31(28)36)29-18-25-12-6-7-13-26(25)19-29;19-11-18(22)21(12-15-7-3-4-8-17(15)20)16-9-13-5-1-2-6-14(13)10-16;1-19-15-10-13-8-9-18-17(12-6-4-3-5-7-12)14(13)11-16(15)20-2;/h3-15,20-21,29,35H,16-19,22-23H2,1-2H3;1-8,16H,9-12H2;3-7,10-11,17-18H,8-9H2,1-2H3;1H. The summed E-state index contributed by atoms with van der Waals surface area (Å²) < 4.78 is 50.8. The molecule has 8 aromatic rings. The number of fused-ring (bicyclic) bond motifs is 4. The van der Waals surface area contributed by atoms with Crippen molar-refractivity contribution < 1.29 is 37.3 Å². The number of hydrogen-bond donors (Lipinski definition) is 1. The van der Waals surface area contributed by atoms with E-state index in [1.54, 1.807) is 63.7 Å². The topological polar surface area (TPSA) is 92.8 Å². The Morgan fingerprint density at radius 3 is 1.38 bits per heavy atom. The van der Waals surface area contributed by atoms with E-state index in [4.69, 9.17) is 18.9 Å². The van der Waals surface area contributed by atoms with Crippen molar-refractivity contribution >= 4 is 40.2 Å². The third-order valence-corrected chi connectivity index (χ3v) is 17.0. The molecule has 2 unspecified atom stereocenters. The minimum absolute atomic E-state index is 0. The van der Waals surface area contributed by atoms with Crippen molar-refractivity contribution in [1.82, 2.24) is 20.0 Å². The molecule has 1 N–H and O–H groups in total. The second kappa shape index (κ2) is 28.8. The molecule has 2 heterocycles. The van der Waals surface area contributed by atoms with Crippen LogP contribution in [0.4, 0.5) is 8.78 Å². The van der Waals surface area contributed by atoms with Gasteiger partial charge in [-0.15, -0.1) is 12.4 Å². The summed E-state index contributed by atoms with van der Waals surface area (Å²) in [6.07, 6.45) is 5.02. The van der Waals surface area contributed by atoms with E-state index in [9.17, 15) is 18.4 Å². The average Bonchev–Trinajstić information content (AvgIpc) is 2.94. The Hall–Kier alpha value is -7.55. The first kappa shape index (κ1) is 61.0. The molecule has 8 aromatic carbocycles. The van der Waals surface area contributed by atoms with E-state index in [1.807, 2.05) is 65.6 Å². The summed E-state index contributed by atoms with van der Waals surface area (Å²) >= 11 is 3.24. The predicted molar refractivity (Wildman–Crippen MR) is 333 cm³/mol. The van der Waals surface area contributed by atoms with Crippen molar-refractivity contribution in [3.63, 3.8) is 0 Å². The van der Waals surface area contributed by atoms with E-state index in [1.165, 1.54) is 56.6 Å². The zero-order valence-corrected chi connectivity index (χ0v) is 50.4. The number of hydrogen-bond acceptors (Lipinski definition) is 8. The molecule has 84 heavy (non-hydrogen) atoms. The van der Waals surface area contributed by atoms with Gasteiger partial charge in [-0.2, -0.15) is 0 Å². The first-order valence-corrected chi connectivity index (χ1v) is 29.5. The van der Waals surface area contributed by atoms with Gasteiger partial charge in [0.15, 0.2) is 23.0 Å². The SMILES string of the molecule is COc1cc2c(cc1OC)C(c1ccccc1)N(CC(=O)N(Cc1ccccc1F)C1Cc3ccccc3C1)CC2.COc1cc2c(cc1OC)C(c1ccccc1)NCC2.Cl.O=C(CBr)N(Cc1ccccc1F)C1Cc2ccccc2C1. The third-order valence-electron chi connectivity index (χ3n) is 16.6. The molecule has 2 atom stereocenters. The molecular formula is C70H72BrClF2N4O6. The van der Waals surface area contributed by atoms with Crippen LogP contribution in [0.15, 0.2) is 182 Å². The molecule has 0 spiro atoms. The van der Waals surface area contributed by atoms with Gasteiger partial charge < -0.3 is 34.1 Å². The number of alkyl halides is 1. The summed E-state index contributed by atoms with van der Waals surface area (Å²) in [5.74, 6) is 2.44. The van der Waals surface area contributed by atoms with Crippen molar-refractivity contribution in [2.75, 3.05) is 53.4 Å². The van der Waals surface area contributed by atoms with Crippen LogP contribution in [0.2, 0.25) is 0 Å². The summed E-state index contributed by atoms with van der Waals surface area (Å²) in [4.78, 5) is 32.6. The number of halogens is 4. The Balaban J connectivity index is 0.000000166. The van der Waals surface area contributed by atoms with Crippen LogP contribution in [-0.2, 0) is 61.2 Å². The summed E-state index contributed by atoms with van der Waals surface area (Å²) in [6, 6.07) is 59.3. The van der Waals surface area contributed by atoms with Crippen molar-refractivity contribution in [2.45, 2.75) is 75.8 Å². The fourth-order valence-corrected chi connectivity index (χ4v) is 12.7. The molecule has 10 nitrogen and oxygen atoms in total. The van der Waals surface area contributed by atoms with Gasteiger partial charge in [-0.3, -0.25) is 14.5 Å². The maximum atomic E-state index is 14.8. The fraction of sp³-hybridized carbons (Fsp3) is 0.286. The van der Waals surface area contributed by atoms with Crippen LogP contribution in [0.25, 0.3) is 0 Å². The van der Waals surface area contributed by atoms with Crippen LogP contribution < -0.4 is 24.3 Å². The van der Waals surface area contributed by atoms with Gasteiger partial charge >= 0.3 is 0 Å². The van der Waals surface area contributed by atoms with Crippen LogP contribution in [0, 0.1) is 11.6 Å². The lowest BCUT2D eigenvalue weighted by Crippen LogP contribution is -2.48. The van der Waals surface area contributed by atoms with E-state index in [0.29, 0.717) is 35.7 Å². The highest BCUT2D eigenvalue weighted by Gasteiger charge is 2.36. The van der Waals surface area contributed by atoms with Crippen LogP contribution in [0.5, 0.6) is 23.0 Å². The molecule has 436 valence electrons. The normalized spacial score (nSPS) is 15.9. The zero-order chi connectivity index (χ0) is 57.8. The maximum absolute atomic E-state index is 14.8. The molecule has 0 radical (unpaired) electrons. The monoisotopic (exact) mass is 1220 g/mol. The number of nitrogens with zero attached hydrogens (tertiary/aromatic N) is 3. The van der Waals surface area contributed by atoms with Gasteiger partial charge in [-0.1, -0.05) is 162 Å². The number of methoxy groups -OCH3 is 4. The Kier molecular flexibility index (Phi) is 20.9. The number of nitrogens with one attached hydrogen (secondary N) is 1. The van der Waals surface area contributed by atoms with E-state index in [2.05, 4.69) is 105 Å². The van der Waals surface area contributed by atoms with Crippen LogP contribution in [0.3, 0.4) is 0 Å². The van der Waals surface area contributed by atoms with Crippen molar-refractivity contribution in [2.24, 2.45) is 0 Å². The quantitative estimate of drug-likeness (QED) is 0.102. The Bertz CT molecular complexity index is 3470. The number of ether oxygens (including phenoxy) is 4. The number of benzene rings is 8. The van der Waals surface area contributed by atoms with Crippen LogP contribution in [-0.4, -0.2) is 92.0 Å². The zero-order valence-electron chi connectivity index (χ0n) is 47.9. The van der Waals surface area contributed by atoms with Gasteiger partial charge in [-0.05, 0) is 131 Å². The molecule has 0 aromatic heterocycles. The van der Waals surface area contributed by atoms with Gasteiger partial charge in [0.1, 0.15) is 11.6 Å². The van der Waals surface area contributed by atoms with E-state index >= 15 is 0 Å². The molecule has 2 aliphatic heterocycles. The molecule has 0 saturated heterocycles. The van der Waals surface area contributed by atoms with Crippen molar-refractivity contribution in [1.29, 1.82) is 0 Å². The number of rotatable bonds is 15. The Labute approximate surface area is 507 Å². The van der Waals surface area contributed by atoms with Gasteiger partial charge in [0.25, 0.3) is 0 Å². The Morgan fingerprint density at radius 1 is 0.512 bits per heavy atom. The summed E-state index contributed by atoms with van der Waals surface area (Å²) in [5.41, 5.74) is 13.5. The van der Waals surface area contributed by atoms with Crippen molar-refractivity contribution in [3.8, 4) is 23.0 Å². The second-order valence-corrected chi connectivity index (χ2v) is 22.0. The lowest BCUT2D eigenvalue weighted by molar-refractivity contribution is -0.136. The minimum Gasteiger partial charge on any atom is -0.493 e. The third kappa shape index (κ3) is 14.0. The lowest BCUT2D eigenvalue weighted by Gasteiger charge is -2.39. The summed E-state index contributed by atoms with van der Waals surface area (Å²) in [6.45, 7) is 2.48. The Morgan fingerprint density at radius 2 is 0.917 bits per heavy atom. The minimum atomic E-state index is -0.282. The smallest absolute Gasteiger partial charge is 0.237 e. The molecule has 12 rings (SSSR count). The average molecular weight is 1220 g/mol. The van der Waals surface area contributed by atoms with Crippen LogP contribution in [0.1, 0.15) is 78.8 Å². The highest BCUT2D eigenvalue weighted by Crippen LogP contribution is 2.42. The molecule has 14 heteroatoms. The second-order valence-electron chi connectivity index (χ2n) is 21.4. The summed E-state index contributed by atoms with van der Waals surface area (Å²) in [5, 5.41) is 3.84. The lowest BCUT2D eigenvalue weighted by atomic mass is 9.87. The van der Waals surface area contributed by atoms with E-state index in [0.717, 1.165) is 67.7 Å². The van der Waals surface area contributed by atoms with Crippen LogP contribution >= 0.6 is 28.3 Å². The molecule has 0 fully saturated rings. The molecule has 0 bridgehead atoms.